The van der Waals surface area contributed by atoms with E-state index in [0.29, 0.717) is 21.3 Å². The van der Waals surface area contributed by atoms with E-state index in [0.717, 1.165) is 16.6 Å². The summed E-state index contributed by atoms with van der Waals surface area (Å²) in [6, 6.07) is 22.1. The largest absolute Gasteiger partial charge is 0.288 e. The van der Waals surface area contributed by atoms with Crippen molar-refractivity contribution in [3.63, 3.8) is 0 Å². The first-order valence-electron chi connectivity index (χ1n) is 8.34. The minimum absolute atomic E-state index is 0.0828. The van der Waals surface area contributed by atoms with E-state index < -0.39 is 0 Å². The van der Waals surface area contributed by atoms with Crippen LogP contribution in [0.5, 0.6) is 0 Å². The Morgan fingerprint density at radius 1 is 0.815 bits per heavy atom. The fourth-order valence-electron chi connectivity index (χ4n) is 2.89. The molecule has 0 aliphatic heterocycles. The van der Waals surface area contributed by atoms with Crippen LogP contribution >= 0.6 is 23.2 Å². The summed E-state index contributed by atoms with van der Waals surface area (Å²) in [5.41, 5.74) is 2.89. The number of fused-ring (bicyclic) bond motifs is 1. The predicted octanol–water partition coefficient (Wildman–Crippen LogP) is 5.86. The molecule has 0 unspecified atom stereocenters. The third-order valence-corrected chi connectivity index (χ3v) is 4.92. The molecule has 4 aromatic rings. The third-order valence-electron chi connectivity index (χ3n) is 4.18. The van der Waals surface area contributed by atoms with E-state index in [9.17, 15) is 4.79 Å². The molecule has 0 N–H and O–H groups in total. The van der Waals surface area contributed by atoms with Crippen molar-refractivity contribution in [3.8, 4) is 5.69 Å². The summed E-state index contributed by atoms with van der Waals surface area (Å²) in [5, 5.41) is 6.46. The maximum absolute atomic E-state index is 12.6. The highest BCUT2D eigenvalue weighted by Gasteiger charge is 2.12. The van der Waals surface area contributed by atoms with E-state index in [-0.39, 0.29) is 5.43 Å². The van der Waals surface area contributed by atoms with Crippen LogP contribution in [0.3, 0.4) is 0 Å². The number of aromatic nitrogens is 2. The Bertz CT molecular complexity index is 1210. The van der Waals surface area contributed by atoms with Gasteiger partial charge < -0.3 is 0 Å². The van der Waals surface area contributed by atoms with Gasteiger partial charge in [-0.3, -0.25) is 4.79 Å². The SMILES string of the molecule is O=c1ccccc2c(C=Cc3ccc(Cl)c(Cl)c3)nn(-c3ccccc3)c12. The van der Waals surface area contributed by atoms with E-state index in [1.807, 2.05) is 60.7 Å². The van der Waals surface area contributed by atoms with Crippen molar-refractivity contribution in [2.24, 2.45) is 0 Å². The van der Waals surface area contributed by atoms with Crippen LogP contribution < -0.4 is 5.43 Å². The molecular formula is C22H14Cl2N2O. The summed E-state index contributed by atoms with van der Waals surface area (Å²) in [6.07, 6.45) is 3.78. The predicted molar refractivity (Wildman–Crippen MR) is 113 cm³/mol. The molecule has 0 spiro atoms. The maximum Gasteiger partial charge on any atom is 0.204 e. The highest BCUT2D eigenvalue weighted by Crippen LogP contribution is 2.25. The summed E-state index contributed by atoms with van der Waals surface area (Å²) >= 11 is 12.1. The molecule has 1 aromatic heterocycles. The van der Waals surface area contributed by atoms with Crippen LogP contribution in [0, 0.1) is 0 Å². The molecule has 3 nitrogen and oxygen atoms in total. The molecule has 0 saturated carbocycles. The van der Waals surface area contributed by atoms with Gasteiger partial charge in [-0.15, -0.1) is 0 Å². The standard InChI is InChI=1S/C22H14Cl2N2O/c23-18-12-10-15(14-19(18)24)11-13-20-17-8-4-5-9-21(27)22(17)26(25-20)16-6-2-1-3-7-16/h1-14H. The van der Waals surface area contributed by atoms with E-state index in [4.69, 9.17) is 23.2 Å². The van der Waals surface area contributed by atoms with E-state index in [1.54, 1.807) is 28.9 Å². The molecule has 27 heavy (non-hydrogen) atoms. The molecule has 0 atom stereocenters. The van der Waals surface area contributed by atoms with Crippen LogP contribution in [-0.4, -0.2) is 9.78 Å². The molecule has 3 aromatic carbocycles. The van der Waals surface area contributed by atoms with Crippen molar-refractivity contribution in [2.75, 3.05) is 0 Å². The topological polar surface area (TPSA) is 34.9 Å². The van der Waals surface area contributed by atoms with Gasteiger partial charge in [-0.25, -0.2) is 4.68 Å². The molecule has 5 heteroatoms. The van der Waals surface area contributed by atoms with Crippen molar-refractivity contribution in [3.05, 3.63) is 104 Å². The molecule has 0 saturated heterocycles. The number of hydrogen-bond donors (Lipinski definition) is 0. The third kappa shape index (κ3) is 3.52. The normalized spacial score (nSPS) is 11.3. The fourth-order valence-corrected chi connectivity index (χ4v) is 3.20. The molecule has 0 fully saturated rings. The first-order chi connectivity index (χ1) is 13.1. The van der Waals surface area contributed by atoms with Crippen LogP contribution in [0.25, 0.3) is 28.7 Å². The number of benzene rings is 2. The molecule has 132 valence electrons. The van der Waals surface area contributed by atoms with Crippen LogP contribution in [0.1, 0.15) is 11.3 Å². The lowest BCUT2D eigenvalue weighted by Gasteiger charge is -2.00. The van der Waals surface area contributed by atoms with Crippen molar-refractivity contribution in [1.82, 2.24) is 9.78 Å². The van der Waals surface area contributed by atoms with Gasteiger partial charge in [0.1, 0.15) is 5.52 Å². The quantitative estimate of drug-likeness (QED) is 0.437. The van der Waals surface area contributed by atoms with E-state index in [2.05, 4.69) is 5.10 Å². The first kappa shape index (κ1) is 17.5. The van der Waals surface area contributed by atoms with Gasteiger partial charge in [-0.05, 0) is 42.0 Å². The number of para-hydroxylation sites is 1. The second-order valence-electron chi connectivity index (χ2n) is 5.98. The summed E-state index contributed by atoms with van der Waals surface area (Å²) < 4.78 is 1.69. The fraction of sp³-hybridized carbons (Fsp3) is 0. The minimum atomic E-state index is -0.0828. The van der Waals surface area contributed by atoms with E-state index >= 15 is 0 Å². The average molecular weight is 393 g/mol. The lowest BCUT2D eigenvalue weighted by molar-refractivity contribution is 0.902. The molecule has 0 bridgehead atoms. The van der Waals surface area contributed by atoms with Gasteiger partial charge in [-0.2, -0.15) is 5.10 Å². The van der Waals surface area contributed by atoms with Gasteiger partial charge in [0.2, 0.25) is 5.43 Å². The second kappa shape index (κ2) is 7.39. The highest BCUT2D eigenvalue weighted by molar-refractivity contribution is 6.42. The Labute approximate surface area is 166 Å². The minimum Gasteiger partial charge on any atom is -0.288 e. The smallest absolute Gasteiger partial charge is 0.204 e. The molecule has 4 rings (SSSR count). The van der Waals surface area contributed by atoms with Crippen LogP contribution in [0.4, 0.5) is 0 Å². The zero-order valence-electron chi connectivity index (χ0n) is 14.1. The maximum atomic E-state index is 12.6. The first-order valence-corrected chi connectivity index (χ1v) is 9.10. The molecular weight excluding hydrogens is 379 g/mol. The van der Waals surface area contributed by atoms with Crippen molar-refractivity contribution < 1.29 is 0 Å². The molecule has 1 heterocycles. The summed E-state index contributed by atoms with van der Waals surface area (Å²) in [4.78, 5) is 12.6. The summed E-state index contributed by atoms with van der Waals surface area (Å²) in [6.45, 7) is 0. The second-order valence-corrected chi connectivity index (χ2v) is 6.80. The lowest BCUT2D eigenvalue weighted by atomic mass is 10.1. The highest BCUT2D eigenvalue weighted by atomic mass is 35.5. The molecule has 0 aliphatic rings. The van der Waals surface area contributed by atoms with Crippen molar-refractivity contribution >= 4 is 46.3 Å². The Hall–Kier alpha value is -2.88. The van der Waals surface area contributed by atoms with Gasteiger partial charge in [0, 0.05) is 5.39 Å². The number of nitrogens with zero attached hydrogens (tertiary/aromatic N) is 2. The van der Waals surface area contributed by atoms with Crippen LogP contribution in [0.2, 0.25) is 10.0 Å². The number of halogens is 2. The molecule has 0 aliphatic carbocycles. The van der Waals surface area contributed by atoms with Gasteiger partial charge >= 0.3 is 0 Å². The Morgan fingerprint density at radius 3 is 2.33 bits per heavy atom. The number of rotatable bonds is 3. The molecule has 0 radical (unpaired) electrons. The summed E-state index contributed by atoms with van der Waals surface area (Å²) in [5.74, 6) is 0. The zero-order valence-corrected chi connectivity index (χ0v) is 15.7. The van der Waals surface area contributed by atoms with Gasteiger partial charge in [0.25, 0.3) is 0 Å². The van der Waals surface area contributed by atoms with Crippen molar-refractivity contribution in [1.29, 1.82) is 0 Å². The summed E-state index contributed by atoms with van der Waals surface area (Å²) in [7, 11) is 0. The van der Waals surface area contributed by atoms with Crippen LogP contribution in [0.15, 0.2) is 77.6 Å². The molecule has 0 amide bonds. The Morgan fingerprint density at radius 2 is 1.56 bits per heavy atom. The van der Waals surface area contributed by atoms with Gasteiger partial charge in [-0.1, -0.05) is 71.7 Å². The van der Waals surface area contributed by atoms with Gasteiger partial charge in [0.05, 0.1) is 21.4 Å². The van der Waals surface area contributed by atoms with Crippen molar-refractivity contribution in [2.45, 2.75) is 0 Å². The zero-order chi connectivity index (χ0) is 18.8. The number of hydrogen-bond acceptors (Lipinski definition) is 2. The monoisotopic (exact) mass is 392 g/mol. The lowest BCUT2D eigenvalue weighted by Crippen LogP contribution is -2.04. The Kier molecular flexibility index (Phi) is 4.80. The van der Waals surface area contributed by atoms with Gasteiger partial charge in [0.15, 0.2) is 0 Å². The van der Waals surface area contributed by atoms with E-state index in [1.165, 1.54) is 0 Å². The Balaban J connectivity index is 1.90. The average Bonchev–Trinajstić information content (AvgIpc) is 2.94. The van der Waals surface area contributed by atoms with Crippen LogP contribution in [-0.2, 0) is 0 Å².